The number of methoxy groups -OCH3 is 1. The summed E-state index contributed by atoms with van der Waals surface area (Å²) >= 11 is 0. The van der Waals surface area contributed by atoms with Crippen LogP contribution in [-0.2, 0) is 11.3 Å². The second-order valence-electron chi connectivity index (χ2n) is 3.63. The van der Waals surface area contributed by atoms with E-state index in [1.807, 2.05) is 6.07 Å². The molecule has 1 rings (SSSR count). The molecule has 0 unspecified atom stereocenters. The molecule has 94 valence electrons. The molecule has 17 heavy (non-hydrogen) atoms. The molecule has 5 nitrogen and oxygen atoms in total. The summed E-state index contributed by atoms with van der Waals surface area (Å²) in [6.45, 7) is -0.254. The molecule has 0 aliphatic heterocycles. The molecule has 0 heterocycles. The van der Waals surface area contributed by atoms with Crippen molar-refractivity contribution in [3.8, 4) is 0 Å². The number of carbonyl (C=O) groups excluding carboxylic acids is 1. The molecular formula is C12H17NO4. The number of carbonyl (C=O) groups is 1. The number of amides is 1. The monoisotopic (exact) mass is 239 g/mol. The SMILES string of the molecule is COCc1ccccc1C(=O)NC(CO)CO. The molecular weight excluding hydrogens is 222 g/mol. The van der Waals surface area contributed by atoms with Crippen LogP contribution in [0.1, 0.15) is 15.9 Å². The van der Waals surface area contributed by atoms with Gasteiger partial charge in [0, 0.05) is 12.7 Å². The highest BCUT2D eigenvalue weighted by Crippen LogP contribution is 2.10. The fraction of sp³-hybridized carbons (Fsp3) is 0.417. The van der Waals surface area contributed by atoms with Crippen LogP contribution in [0.3, 0.4) is 0 Å². The van der Waals surface area contributed by atoms with E-state index in [9.17, 15) is 4.79 Å². The molecule has 0 aliphatic rings. The summed E-state index contributed by atoms with van der Waals surface area (Å²) in [7, 11) is 1.55. The van der Waals surface area contributed by atoms with Crippen molar-refractivity contribution in [1.82, 2.24) is 5.32 Å². The van der Waals surface area contributed by atoms with Crippen molar-refractivity contribution in [2.75, 3.05) is 20.3 Å². The molecule has 0 aliphatic carbocycles. The summed E-state index contributed by atoms with van der Waals surface area (Å²) in [5, 5.41) is 20.3. The largest absolute Gasteiger partial charge is 0.394 e. The lowest BCUT2D eigenvalue weighted by molar-refractivity contribution is 0.0875. The molecule has 0 saturated carbocycles. The molecule has 1 amide bonds. The summed E-state index contributed by atoms with van der Waals surface area (Å²) in [5.41, 5.74) is 1.25. The summed E-state index contributed by atoms with van der Waals surface area (Å²) < 4.78 is 5.00. The van der Waals surface area contributed by atoms with Crippen LogP contribution in [0.5, 0.6) is 0 Å². The normalized spacial score (nSPS) is 10.6. The highest BCUT2D eigenvalue weighted by molar-refractivity contribution is 5.95. The zero-order valence-corrected chi connectivity index (χ0v) is 9.72. The van der Waals surface area contributed by atoms with E-state index in [-0.39, 0.29) is 19.1 Å². The van der Waals surface area contributed by atoms with E-state index in [0.29, 0.717) is 12.2 Å². The van der Waals surface area contributed by atoms with Crippen molar-refractivity contribution in [3.05, 3.63) is 35.4 Å². The van der Waals surface area contributed by atoms with Gasteiger partial charge in [-0.05, 0) is 11.6 Å². The third-order valence-electron chi connectivity index (χ3n) is 2.34. The van der Waals surface area contributed by atoms with Crippen molar-refractivity contribution in [2.24, 2.45) is 0 Å². The van der Waals surface area contributed by atoms with Crippen LogP contribution in [0.2, 0.25) is 0 Å². The molecule has 0 fully saturated rings. The summed E-state index contributed by atoms with van der Waals surface area (Å²) in [6, 6.07) is 6.40. The fourth-order valence-corrected chi connectivity index (χ4v) is 1.44. The smallest absolute Gasteiger partial charge is 0.252 e. The Balaban J connectivity index is 2.80. The van der Waals surface area contributed by atoms with E-state index in [1.165, 1.54) is 0 Å². The van der Waals surface area contributed by atoms with E-state index in [1.54, 1.807) is 25.3 Å². The summed E-state index contributed by atoms with van der Waals surface area (Å²) in [5.74, 6) is -0.328. The van der Waals surface area contributed by atoms with Gasteiger partial charge in [-0.15, -0.1) is 0 Å². The van der Waals surface area contributed by atoms with Gasteiger partial charge in [0.05, 0.1) is 25.9 Å². The number of benzene rings is 1. The van der Waals surface area contributed by atoms with Crippen LogP contribution in [0.4, 0.5) is 0 Å². The minimum atomic E-state index is -0.641. The first kappa shape index (κ1) is 13.6. The van der Waals surface area contributed by atoms with Crippen molar-refractivity contribution < 1.29 is 19.7 Å². The van der Waals surface area contributed by atoms with Gasteiger partial charge in [0.25, 0.3) is 5.91 Å². The zero-order valence-electron chi connectivity index (χ0n) is 9.72. The maximum absolute atomic E-state index is 11.9. The van der Waals surface area contributed by atoms with Gasteiger partial charge in [0.1, 0.15) is 0 Å². The number of hydrogen-bond donors (Lipinski definition) is 3. The van der Waals surface area contributed by atoms with Crippen LogP contribution in [0, 0.1) is 0 Å². The fourth-order valence-electron chi connectivity index (χ4n) is 1.44. The maximum atomic E-state index is 11.9. The number of aliphatic hydroxyl groups is 2. The van der Waals surface area contributed by atoms with Gasteiger partial charge in [-0.25, -0.2) is 0 Å². The first-order valence-electron chi connectivity index (χ1n) is 5.32. The van der Waals surface area contributed by atoms with Crippen LogP contribution in [0.15, 0.2) is 24.3 Å². The Morgan fingerprint density at radius 1 is 1.35 bits per heavy atom. The predicted octanol–water partition coefficient (Wildman–Crippen LogP) is -0.0840. The minimum absolute atomic E-state index is 0.297. The van der Waals surface area contributed by atoms with Crippen molar-refractivity contribution in [3.63, 3.8) is 0 Å². The van der Waals surface area contributed by atoms with Gasteiger partial charge < -0.3 is 20.3 Å². The number of rotatable bonds is 6. The number of aliphatic hydroxyl groups excluding tert-OH is 2. The van der Waals surface area contributed by atoms with E-state index < -0.39 is 6.04 Å². The zero-order chi connectivity index (χ0) is 12.7. The minimum Gasteiger partial charge on any atom is -0.394 e. The lowest BCUT2D eigenvalue weighted by atomic mass is 10.1. The van der Waals surface area contributed by atoms with Gasteiger partial charge in [-0.1, -0.05) is 18.2 Å². The Bertz CT molecular complexity index is 363. The topological polar surface area (TPSA) is 78.8 Å². The van der Waals surface area contributed by atoms with Crippen molar-refractivity contribution >= 4 is 5.91 Å². The summed E-state index contributed by atoms with van der Waals surface area (Å²) in [6.07, 6.45) is 0. The standard InChI is InChI=1S/C12H17NO4/c1-17-8-9-4-2-3-5-11(9)12(16)13-10(6-14)7-15/h2-5,10,14-15H,6-8H2,1H3,(H,13,16). The Morgan fingerprint density at radius 2 is 2.00 bits per heavy atom. The Morgan fingerprint density at radius 3 is 2.59 bits per heavy atom. The van der Waals surface area contributed by atoms with E-state index in [4.69, 9.17) is 14.9 Å². The lowest BCUT2D eigenvalue weighted by Gasteiger charge is -2.15. The predicted molar refractivity (Wildman–Crippen MR) is 62.6 cm³/mol. The van der Waals surface area contributed by atoms with Crippen molar-refractivity contribution in [2.45, 2.75) is 12.6 Å². The molecule has 3 N–H and O–H groups in total. The van der Waals surface area contributed by atoms with E-state index >= 15 is 0 Å². The molecule has 1 aromatic rings. The quantitative estimate of drug-likeness (QED) is 0.648. The van der Waals surface area contributed by atoms with Gasteiger partial charge in [-0.3, -0.25) is 4.79 Å². The van der Waals surface area contributed by atoms with Crippen molar-refractivity contribution in [1.29, 1.82) is 0 Å². The Hall–Kier alpha value is -1.43. The third kappa shape index (κ3) is 3.81. The molecule has 0 aromatic heterocycles. The molecule has 0 spiro atoms. The number of ether oxygens (including phenoxy) is 1. The second-order valence-corrected chi connectivity index (χ2v) is 3.63. The first-order chi connectivity index (χ1) is 8.22. The molecule has 0 radical (unpaired) electrons. The van der Waals surface area contributed by atoms with Crippen LogP contribution >= 0.6 is 0 Å². The van der Waals surface area contributed by atoms with Crippen LogP contribution in [-0.4, -0.2) is 42.5 Å². The van der Waals surface area contributed by atoms with Gasteiger partial charge >= 0.3 is 0 Å². The third-order valence-corrected chi connectivity index (χ3v) is 2.34. The molecule has 0 atom stereocenters. The molecule has 5 heteroatoms. The highest BCUT2D eigenvalue weighted by Gasteiger charge is 2.14. The number of hydrogen-bond acceptors (Lipinski definition) is 4. The molecule has 1 aromatic carbocycles. The maximum Gasteiger partial charge on any atom is 0.252 e. The highest BCUT2D eigenvalue weighted by atomic mass is 16.5. The molecule has 0 saturated heterocycles. The van der Waals surface area contributed by atoms with Crippen LogP contribution in [0.25, 0.3) is 0 Å². The number of nitrogens with one attached hydrogen (secondary N) is 1. The average Bonchev–Trinajstić information content (AvgIpc) is 2.36. The first-order valence-corrected chi connectivity index (χ1v) is 5.32. The second kappa shape index (κ2) is 7.01. The molecule has 0 bridgehead atoms. The van der Waals surface area contributed by atoms with Crippen LogP contribution < -0.4 is 5.32 Å². The van der Waals surface area contributed by atoms with E-state index in [0.717, 1.165) is 5.56 Å². The van der Waals surface area contributed by atoms with Gasteiger partial charge in [0.15, 0.2) is 0 Å². The van der Waals surface area contributed by atoms with Gasteiger partial charge in [0.2, 0.25) is 0 Å². The van der Waals surface area contributed by atoms with E-state index in [2.05, 4.69) is 5.32 Å². The average molecular weight is 239 g/mol. The van der Waals surface area contributed by atoms with Gasteiger partial charge in [-0.2, -0.15) is 0 Å². The Kier molecular flexibility index (Phi) is 5.62. The summed E-state index contributed by atoms with van der Waals surface area (Å²) in [4.78, 5) is 11.9. The Labute approximate surface area is 100 Å². The lowest BCUT2D eigenvalue weighted by Crippen LogP contribution is -2.40.